The third-order valence-corrected chi connectivity index (χ3v) is 2.97. The predicted molar refractivity (Wildman–Crippen MR) is 69.1 cm³/mol. The van der Waals surface area contributed by atoms with E-state index in [1.807, 2.05) is 47.0 Å². The summed E-state index contributed by atoms with van der Waals surface area (Å²) in [5, 5.41) is 11.0. The van der Waals surface area contributed by atoms with Crippen LogP contribution in [0.2, 0.25) is 0 Å². The Bertz CT molecular complexity index is 640. The van der Waals surface area contributed by atoms with Gasteiger partial charge in [0.25, 0.3) is 0 Å². The fraction of sp³-hybridized carbons (Fsp3) is 0.0667. The predicted octanol–water partition coefficient (Wildman–Crippen LogP) is 3.40. The summed E-state index contributed by atoms with van der Waals surface area (Å²) in [6.45, 7) is 0.695. The van der Waals surface area contributed by atoms with E-state index >= 15 is 0 Å². The van der Waals surface area contributed by atoms with Gasteiger partial charge in [0.2, 0.25) is 0 Å². The van der Waals surface area contributed by atoms with Gasteiger partial charge < -0.3 is 9.67 Å². The Morgan fingerprint density at radius 2 is 1.59 bits per heavy atom. The molecule has 0 spiro atoms. The number of aromatic nitrogens is 1. The fourth-order valence-electron chi connectivity index (χ4n) is 2.13. The molecule has 3 aromatic rings. The van der Waals surface area contributed by atoms with Gasteiger partial charge in [-0.3, -0.25) is 0 Å². The minimum atomic E-state index is 0.315. The molecular formula is C15H13NO. The largest absolute Gasteiger partial charge is 0.494 e. The second-order valence-corrected chi connectivity index (χ2v) is 4.13. The van der Waals surface area contributed by atoms with Gasteiger partial charge in [-0.05, 0) is 11.6 Å². The Hall–Kier alpha value is -2.22. The maximum atomic E-state index is 9.96. The van der Waals surface area contributed by atoms with Crippen LogP contribution in [0.15, 0.2) is 60.7 Å². The first-order valence-electron chi connectivity index (χ1n) is 5.66. The topological polar surface area (TPSA) is 25.2 Å². The van der Waals surface area contributed by atoms with Crippen molar-refractivity contribution in [3.63, 3.8) is 0 Å². The van der Waals surface area contributed by atoms with Gasteiger partial charge in [0.05, 0.1) is 12.1 Å². The number of rotatable bonds is 2. The SMILES string of the molecule is Oc1cc2ccccc2n1Cc1ccccc1. The highest BCUT2D eigenvalue weighted by Gasteiger charge is 2.06. The summed E-state index contributed by atoms with van der Waals surface area (Å²) in [4.78, 5) is 0. The lowest BCUT2D eigenvalue weighted by molar-refractivity contribution is 0.428. The summed E-state index contributed by atoms with van der Waals surface area (Å²) < 4.78 is 1.92. The van der Waals surface area contributed by atoms with Crippen molar-refractivity contribution < 1.29 is 5.11 Å². The first-order chi connectivity index (χ1) is 8.34. The maximum Gasteiger partial charge on any atom is 0.192 e. The molecule has 0 saturated carbocycles. The Labute approximate surface area is 99.7 Å². The molecule has 0 saturated heterocycles. The van der Waals surface area contributed by atoms with E-state index in [0.717, 1.165) is 10.9 Å². The van der Waals surface area contributed by atoms with Crippen molar-refractivity contribution in [2.24, 2.45) is 0 Å². The summed E-state index contributed by atoms with van der Waals surface area (Å²) >= 11 is 0. The van der Waals surface area contributed by atoms with Crippen molar-refractivity contribution in [1.29, 1.82) is 0 Å². The van der Waals surface area contributed by atoms with E-state index < -0.39 is 0 Å². The van der Waals surface area contributed by atoms with Crippen LogP contribution >= 0.6 is 0 Å². The van der Waals surface area contributed by atoms with Crippen molar-refractivity contribution in [3.8, 4) is 5.88 Å². The molecule has 0 unspecified atom stereocenters. The average Bonchev–Trinajstić information content (AvgIpc) is 2.68. The highest BCUT2D eigenvalue weighted by atomic mass is 16.3. The molecule has 1 aromatic heterocycles. The molecule has 0 bridgehead atoms. The van der Waals surface area contributed by atoms with Gasteiger partial charge in [-0.1, -0.05) is 48.5 Å². The van der Waals surface area contributed by atoms with Crippen LogP contribution in [0.3, 0.4) is 0 Å². The number of benzene rings is 2. The number of hydrogen-bond donors (Lipinski definition) is 1. The molecule has 0 amide bonds. The molecule has 0 aliphatic rings. The van der Waals surface area contributed by atoms with E-state index in [-0.39, 0.29) is 0 Å². The lowest BCUT2D eigenvalue weighted by atomic mass is 10.2. The van der Waals surface area contributed by atoms with Crippen LogP contribution in [-0.2, 0) is 6.54 Å². The molecule has 3 rings (SSSR count). The molecule has 0 atom stereocenters. The van der Waals surface area contributed by atoms with Gasteiger partial charge in [-0.15, -0.1) is 0 Å². The molecule has 1 N–H and O–H groups in total. The summed E-state index contributed by atoms with van der Waals surface area (Å²) in [6, 6.07) is 20.0. The van der Waals surface area contributed by atoms with E-state index in [9.17, 15) is 5.11 Å². The van der Waals surface area contributed by atoms with Crippen LogP contribution in [0.4, 0.5) is 0 Å². The van der Waals surface area contributed by atoms with Gasteiger partial charge in [-0.2, -0.15) is 0 Å². The lowest BCUT2D eigenvalue weighted by Crippen LogP contribution is -1.98. The number of nitrogens with zero attached hydrogens (tertiary/aromatic N) is 1. The second-order valence-electron chi connectivity index (χ2n) is 4.13. The summed E-state index contributed by atoms with van der Waals surface area (Å²) in [5.74, 6) is 0.315. The summed E-state index contributed by atoms with van der Waals surface area (Å²) in [5.41, 5.74) is 2.25. The van der Waals surface area contributed by atoms with Crippen molar-refractivity contribution in [3.05, 3.63) is 66.2 Å². The standard InChI is InChI=1S/C15H13NO/c17-15-10-13-8-4-5-9-14(13)16(15)11-12-6-2-1-3-7-12/h1-10,17H,11H2. The van der Waals surface area contributed by atoms with Crippen LogP contribution < -0.4 is 0 Å². The van der Waals surface area contributed by atoms with Gasteiger partial charge in [0, 0.05) is 11.5 Å². The van der Waals surface area contributed by atoms with E-state index in [1.165, 1.54) is 5.56 Å². The van der Waals surface area contributed by atoms with Crippen molar-refractivity contribution in [2.45, 2.75) is 6.54 Å². The normalized spacial score (nSPS) is 10.8. The van der Waals surface area contributed by atoms with Crippen molar-refractivity contribution in [1.82, 2.24) is 4.57 Å². The minimum Gasteiger partial charge on any atom is -0.494 e. The van der Waals surface area contributed by atoms with Gasteiger partial charge in [0.15, 0.2) is 5.88 Å². The number of hydrogen-bond acceptors (Lipinski definition) is 1. The minimum absolute atomic E-state index is 0.315. The van der Waals surface area contributed by atoms with E-state index in [1.54, 1.807) is 6.07 Å². The second kappa shape index (κ2) is 3.98. The van der Waals surface area contributed by atoms with Crippen molar-refractivity contribution in [2.75, 3.05) is 0 Å². The molecule has 2 nitrogen and oxygen atoms in total. The molecule has 17 heavy (non-hydrogen) atoms. The monoisotopic (exact) mass is 223 g/mol. The maximum absolute atomic E-state index is 9.96. The van der Waals surface area contributed by atoms with Crippen LogP contribution in [0.25, 0.3) is 10.9 Å². The first-order valence-corrected chi connectivity index (χ1v) is 5.66. The lowest BCUT2D eigenvalue weighted by Gasteiger charge is -2.06. The van der Waals surface area contributed by atoms with Crippen LogP contribution in [-0.4, -0.2) is 9.67 Å². The molecule has 2 aromatic carbocycles. The Morgan fingerprint density at radius 1 is 0.882 bits per heavy atom. The highest BCUT2D eigenvalue weighted by Crippen LogP contribution is 2.25. The third-order valence-electron chi connectivity index (χ3n) is 2.97. The molecular weight excluding hydrogens is 210 g/mol. The van der Waals surface area contributed by atoms with E-state index in [4.69, 9.17) is 0 Å². The van der Waals surface area contributed by atoms with Crippen LogP contribution in [0, 0.1) is 0 Å². The summed E-state index contributed by atoms with van der Waals surface area (Å²) in [6.07, 6.45) is 0. The zero-order valence-electron chi connectivity index (χ0n) is 9.38. The molecule has 0 fully saturated rings. The van der Waals surface area contributed by atoms with E-state index in [0.29, 0.717) is 12.4 Å². The highest BCUT2D eigenvalue weighted by molar-refractivity contribution is 5.82. The molecule has 0 aliphatic carbocycles. The zero-order chi connectivity index (χ0) is 11.7. The van der Waals surface area contributed by atoms with Crippen molar-refractivity contribution >= 4 is 10.9 Å². The number of para-hydroxylation sites is 1. The van der Waals surface area contributed by atoms with Gasteiger partial charge in [-0.25, -0.2) is 0 Å². The van der Waals surface area contributed by atoms with Gasteiger partial charge in [0.1, 0.15) is 0 Å². The number of fused-ring (bicyclic) bond motifs is 1. The molecule has 2 heteroatoms. The Balaban J connectivity index is 2.08. The molecule has 1 heterocycles. The Kier molecular flexibility index (Phi) is 2.33. The number of aromatic hydroxyl groups is 1. The van der Waals surface area contributed by atoms with Crippen LogP contribution in [0.1, 0.15) is 5.56 Å². The first kappa shape index (κ1) is 9.97. The fourth-order valence-corrected chi connectivity index (χ4v) is 2.13. The smallest absolute Gasteiger partial charge is 0.192 e. The average molecular weight is 223 g/mol. The molecule has 84 valence electrons. The molecule has 0 aliphatic heterocycles. The Morgan fingerprint density at radius 3 is 2.41 bits per heavy atom. The van der Waals surface area contributed by atoms with E-state index in [2.05, 4.69) is 12.1 Å². The zero-order valence-corrected chi connectivity index (χ0v) is 9.38. The summed E-state index contributed by atoms with van der Waals surface area (Å²) in [7, 11) is 0. The third kappa shape index (κ3) is 1.78. The van der Waals surface area contributed by atoms with Gasteiger partial charge >= 0.3 is 0 Å². The molecule has 0 radical (unpaired) electrons. The van der Waals surface area contributed by atoms with Crippen LogP contribution in [0.5, 0.6) is 5.88 Å². The quantitative estimate of drug-likeness (QED) is 0.707.